The predicted molar refractivity (Wildman–Crippen MR) is 122 cm³/mol. The zero-order valence-corrected chi connectivity index (χ0v) is 18.9. The van der Waals surface area contributed by atoms with Gasteiger partial charge in [-0.2, -0.15) is 0 Å². The Hall–Kier alpha value is -1.78. The van der Waals surface area contributed by atoms with Crippen molar-refractivity contribution < 1.29 is 9.47 Å². The van der Waals surface area contributed by atoms with Crippen molar-refractivity contribution in [2.24, 2.45) is 0 Å². The molecule has 0 radical (unpaired) electrons. The average Bonchev–Trinajstić information content (AvgIpc) is 2.70. The van der Waals surface area contributed by atoms with Crippen LogP contribution in [0.2, 0.25) is 20.1 Å². The van der Waals surface area contributed by atoms with Crippen LogP contribution in [0.5, 0.6) is 11.5 Å². The second kappa shape index (κ2) is 9.82. The Morgan fingerprint density at radius 3 is 2.24 bits per heavy atom. The Morgan fingerprint density at radius 2 is 1.55 bits per heavy atom. The van der Waals surface area contributed by atoms with E-state index in [2.05, 4.69) is 5.32 Å². The largest absolute Gasteiger partial charge is 0.493 e. The van der Waals surface area contributed by atoms with Gasteiger partial charge in [0.15, 0.2) is 11.5 Å². The summed E-state index contributed by atoms with van der Waals surface area (Å²) in [5, 5.41) is 5.48. The van der Waals surface area contributed by atoms with Crippen LogP contribution in [-0.4, -0.2) is 7.11 Å². The quantitative estimate of drug-likeness (QED) is 0.381. The molecule has 0 aliphatic rings. The number of aryl methyl sites for hydroxylation is 1. The van der Waals surface area contributed by atoms with Crippen LogP contribution in [0.4, 0.5) is 5.69 Å². The number of rotatable bonds is 7. The Bertz CT molecular complexity index is 1020. The molecular formula is C22H19Cl4NO2. The van der Waals surface area contributed by atoms with Crippen molar-refractivity contribution in [3.8, 4) is 11.5 Å². The van der Waals surface area contributed by atoms with Crippen molar-refractivity contribution >= 4 is 52.1 Å². The molecule has 3 rings (SSSR count). The second-order valence-corrected chi connectivity index (χ2v) is 8.09. The number of nitrogens with one attached hydrogen (secondary N) is 1. The van der Waals surface area contributed by atoms with Gasteiger partial charge in [0.2, 0.25) is 0 Å². The SMILES string of the molecule is COc1cc(CNc2ccc(C)c(Cl)c2)cc(Cl)c1OCc1ccc(Cl)c(Cl)c1. The summed E-state index contributed by atoms with van der Waals surface area (Å²) in [7, 11) is 1.58. The fraction of sp³-hybridized carbons (Fsp3) is 0.182. The van der Waals surface area contributed by atoms with Gasteiger partial charge >= 0.3 is 0 Å². The van der Waals surface area contributed by atoms with E-state index in [9.17, 15) is 0 Å². The molecule has 0 aliphatic carbocycles. The fourth-order valence-electron chi connectivity index (χ4n) is 2.71. The van der Waals surface area contributed by atoms with Crippen LogP contribution in [0.1, 0.15) is 16.7 Å². The van der Waals surface area contributed by atoms with Gasteiger partial charge in [-0.3, -0.25) is 0 Å². The van der Waals surface area contributed by atoms with E-state index < -0.39 is 0 Å². The lowest BCUT2D eigenvalue weighted by Crippen LogP contribution is -2.03. The highest BCUT2D eigenvalue weighted by molar-refractivity contribution is 6.42. The van der Waals surface area contributed by atoms with Crippen LogP contribution in [0.15, 0.2) is 48.5 Å². The molecule has 0 amide bonds. The molecule has 0 atom stereocenters. The lowest BCUT2D eigenvalue weighted by Gasteiger charge is -2.15. The molecule has 0 saturated carbocycles. The first-order valence-corrected chi connectivity index (χ1v) is 10.3. The van der Waals surface area contributed by atoms with E-state index in [4.69, 9.17) is 55.9 Å². The summed E-state index contributed by atoms with van der Waals surface area (Å²) in [5.74, 6) is 1.03. The van der Waals surface area contributed by atoms with Gasteiger partial charge in [-0.1, -0.05) is 58.5 Å². The van der Waals surface area contributed by atoms with E-state index in [-0.39, 0.29) is 6.61 Å². The predicted octanol–water partition coefficient (Wildman–Crippen LogP) is 7.81. The van der Waals surface area contributed by atoms with Crippen LogP contribution in [0.3, 0.4) is 0 Å². The van der Waals surface area contributed by atoms with Crippen LogP contribution >= 0.6 is 46.4 Å². The molecule has 29 heavy (non-hydrogen) atoms. The lowest BCUT2D eigenvalue weighted by molar-refractivity contribution is 0.284. The van der Waals surface area contributed by atoms with Crippen LogP contribution in [-0.2, 0) is 13.2 Å². The summed E-state index contributed by atoms with van der Waals surface area (Å²) >= 11 is 24.7. The zero-order chi connectivity index (χ0) is 21.0. The van der Waals surface area contributed by atoms with Gasteiger partial charge in [-0.15, -0.1) is 0 Å². The molecule has 0 unspecified atom stereocenters. The summed E-state index contributed by atoms with van der Waals surface area (Å²) in [6.45, 7) is 2.81. The van der Waals surface area contributed by atoms with Crippen molar-refractivity contribution in [1.82, 2.24) is 0 Å². The smallest absolute Gasteiger partial charge is 0.180 e. The number of hydrogen-bond acceptors (Lipinski definition) is 3. The maximum Gasteiger partial charge on any atom is 0.180 e. The van der Waals surface area contributed by atoms with Crippen LogP contribution in [0, 0.1) is 6.92 Å². The Kier molecular flexibility index (Phi) is 7.42. The third-order valence-electron chi connectivity index (χ3n) is 4.32. The van der Waals surface area contributed by atoms with Gasteiger partial charge in [0.05, 0.1) is 22.2 Å². The van der Waals surface area contributed by atoms with Gasteiger partial charge in [0.25, 0.3) is 0 Å². The Labute approximate surface area is 190 Å². The summed E-state index contributed by atoms with van der Waals surface area (Å²) in [6.07, 6.45) is 0. The molecule has 0 heterocycles. The highest BCUT2D eigenvalue weighted by Crippen LogP contribution is 2.37. The number of ether oxygens (including phenoxy) is 2. The van der Waals surface area contributed by atoms with E-state index in [0.717, 1.165) is 27.4 Å². The fourth-order valence-corrected chi connectivity index (χ4v) is 3.50. The Balaban J connectivity index is 1.72. The molecule has 3 aromatic rings. The molecule has 1 N–H and O–H groups in total. The molecule has 0 spiro atoms. The first-order valence-electron chi connectivity index (χ1n) is 8.80. The monoisotopic (exact) mass is 469 g/mol. The lowest BCUT2D eigenvalue weighted by atomic mass is 10.1. The minimum Gasteiger partial charge on any atom is -0.493 e. The maximum absolute atomic E-state index is 6.46. The van der Waals surface area contributed by atoms with E-state index in [1.165, 1.54) is 0 Å². The van der Waals surface area contributed by atoms with Crippen molar-refractivity contribution in [3.63, 3.8) is 0 Å². The van der Waals surface area contributed by atoms with Gasteiger partial charge in [-0.05, 0) is 60.0 Å². The highest BCUT2D eigenvalue weighted by Gasteiger charge is 2.13. The maximum atomic E-state index is 6.46. The molecule has 3 aromatic carbocycles. The van der Waals surface area contributed by atoms with Gasteiger partial charge in [0, 0.05) is 17.3 Å². The van der Waals surface area contributed by atoms with Crippen LogP contribution < -0.4 is 14.8 Å². The van der Waals surface area contributed by atoms with E-state index in [1.807, 2.05) is 43.3 Å². The standard InChI is InChI=1S/C22H19Cl4NO2/c1-13-3-5-16(10-18(13)24)27-11-15-8-20(26)22(21(9-15)28-2)29-12-14-4-6-17(23)19(25)7-14/h3-10,27H,11-12H2,1-2H3. The summed E-state index contributed by atoms with van der Waals surface area (Å²) in [4.78, 5) is 0. The molecule has 0 saturated heterocycles. The number of benzene rings is 3. The van der Waals surface area contributed by atoms with E-state index in [1.54, 1.807) is 19.2 Å². The molecule has 7 heteroatoms. The number of hydrogen-bond donors (Lipinski definition) is 1. The summed E-state index contributed by atoms with van der Waals surface area (Å²) < 4.78 is 11.4. The first kappa shape index (κ1) is 21.9. The van der Waals surface area contributed by atoms with Crippen molar-refractivity contribution in [1.29, 1.82) is 0 Å². The van der Waals surface area contributed by atoms with Crippen LogP contribution in [0.25, 0.3) is 0 Å². The summed E-state index contributed by atoms with van der Waals surface area (Å²) in [5.41, 5.74) is 3.78. The molecule has 0 fully saturated rings. The molecule has 152 valence electrons. The zero-order valence-electron chi connectivity index (χ0n) is 15.9. The minimum absolute atomic E-state index is 0.284. The van der Waals surface area contributed by atoms with Gasteiger partial charge < -0.3 is 14.8 Å². The second-order valence-electron chi connectivity index (χ2n) is 6.46. The molecule has 0 aromatic heterocycles. The van der Waals surface area contributed by atoms with Gasteiger partial charge in [-0.25, -0.2) is 0 Å². The normalized spacial score (nSPS) is 10.7. The summed E-state index contributed by atoms with van der Waals surface area (Å²) in [6, 6.07) is 14.9. The third-order valence-corrected chi connectivity index (χ3v) is 5.75. The molecule has 3 nitrogen and oxygen atoms in total. The average molecular weight is 471 g/mol. The first-order chi connectivity index (χ1) is 13.9. The third kappa shape index (κ3) is 5.64. The molecule has 0 bridgehead atoms. The minimum atomic E-state index is 0.284. The topological polar surface area (TPSA) is 30.5 Å². The van der Waals surface area contributed by atoms with Crippen molar-refractivity contribution in [2.75, 3.05) is 12.4 Å². The number of anilines is 1. The van der Waals surface area contributed by atoms with Crippen molar-refractivity contribution in [2.45, 2.75) is 20.1 Å². The number of halogens is 4. The highest BCUT2D eigenvalue weighted by atomic mass is 35.5. The molecule has 0 aliphatic heterocycles. The van der Waals surface area contributed by atoms with E-state index >= 15 is 0 Å². The number of methoxy groups -OCH3 is 1. The molecular weight excluding hydrogens is 452 g/mol. The Morgan fingerprint density at radius 1 is 0.793 bits per heavy atom. The van der Waals surface area contributed by atoms with Crippen molar-refractivity contribution in [3.05, 3.63) is 85.3 Å². The van der Waals surface area contributed by atoms with Gasteiger partial charge in [0.1, 0.15) is 6.61 Å². The van der Waals surface area contributed by atoms with E-state index in [0.29, 0.717) is 33.1 Å².